The van der Waals surface area contributed by atoms with Crippen molar-refractivity contribution in [3.05, 3.63) is 88.0 Å². The lowest BCUT2D eigenvalue weighted by Gasteiger charge is -2.17. The molecule has 4 nitrogen and oxygen atoms in total. The van der Waals surface area contributed by atoms with E-state index >= 15 is 0 Å². The summed E-state index contributed by atoms with van der Waals surface area (Å²) in [6.45, 7) is 9.78. The van der Waals surface area contributed by atoms with Gasteiger partial charge in [-0.1, -0.05) is 43.2 Å². The molecule has 1 heterocycles. The first kappa shape index (κ1) is 23.7. The lowest BCUT2D eigenvalue weighted by atomic mass is 9.89. The standard InChI is InChI=1S/C30H33NO3/c1-20-12-11-13-21(2)27(20)28-22(3)18-24(19-23(28)4)34-17-10-6-5-9-16-31-29(32)25-14-7-8-15-26(25)30(31)33/h7-8,11-15,18-19H,5-6,9-10,16-17H2,1-4H3. The molecular weight excluding hydrogens is 422 g/mol. The molecule has 0 spiro atoms. The minimum Gasteiger partial charge on any atom is -0.494 e. The zero-order valence-corrected chi connectivity index (χ0v) is 20.6. The molecule has 1 aliphatic heterocycles. The normalized spacial score (nSPS) is 12.9. The molecule has 0 unspecified atom stereocenters. The van der Waals surface area contributed by atoms with Crippen molar-refractivity contribution in [1.29, 1.82) is 0 Å². The van der Waals surface area contributed by atoms with Gasteiger partial charge in [0.25, 0.3) is 11.8 Å². The van der Waals surface area contributed by atoms with Crippen LogP contribution in [0.25, 0.3) is 11.1 Å². The molecule has 0 aromatic heterocycles. The van der Waals surface area contributed by atoms with Gasteiger partial charge in [-0.05, 0) is 98.2 Å². The van der Waals surface area contributed by atoms with Crippen LogP contribution in [0.3, 0.4) is 0 Å². The summed E-state index contributed by atoms with van der Waals surface area (Å²) in [5, 5.41) is 0. The molecule has 0 bridgehead atoms. The molecule has 34 heavy (non-hydrogen) atoms. The summed E-state index contributed by atoms with van der Waals surface area (Å²) < 4.78 is 6.06. The van der Waals surface area contributed by atoms with Gasteiger partial charge in [-0.2, -0.15) is 0 Å². The molecule has 1 aliphatic rings. The average Bonchev–Trinajstić information content (AvgIpc) is 3.05. The molecule has 0 atom stereocenters. The fraction of sp³-hybridized carbons (Fsp3) is 0.333. The Kier molecular flexibility index (Phi) is 7.16. The van der Waals surface area contributed by atoms with Crippen LogP contribution in [0.5, 0.6) is 5.75 Å². The zero-order chi connectivity index (χ0) is 24.2. The number of imide groups is 1. The number of rotatable bonds is 9. The van der Waals surface area contributed by atoms with Gasteiger partial charge in [0.1, 0.15) is 5.75 Å². The SMILES string of the molecule is Cc1cccc(C)c1-c1c(C)cc(OCCCCCCN2C(=O)c3ccccc3C2=O)cc1C. The first-order valence-electron chi connectivity index (χ1n) is 12.1. The number of hydrogen-bond acceptors (Lipinski definition) is 3. The monoisotopic (exact) mass is 455 g/mol. The molecule has 0 saturated heterocycles. The van der Waals surface area contributed by atoms with Crippen LogP contribution < -0.4 is 4.74 Å². The highest BCUT2D eigenvalue weighted by Gasteiger charge is 2.34. The lowest BCUT2D eigenvalue weighted by molar-refractivity contribution is 0.0651. The van der Waals surface area contributed by atoms with Crippen molar-refractivity contribution in [3.63, 3.8) is 0 Å². The largest absolute Gasteiger partial charge is 0.494 e. The molecule has 3 aromatic rings. The maximum atomic E-state index is 12.4. The van der Waals surface area contributed by atoms with E-state index in [-0.39, 0.29) is 11.8 Å². The summed E-state index contributed by atoms with van der Waals surface area (Å²) >= 11 is 0. The van der Waals surface area contributed by atoms with Crippen LogP contribution in [-0.4, -0.2) is 29.9 Å². The first-order chi connectivity index (χ1) is 16.4. The second-order valence-electron chi connectivity index (χ2n) is 9.27. The summed E-state index contributed by atoms with van der Waals surface area (Å²) in [6.07, 6.45) is 3.72. The number of amides is 2. The van der Waals surface area contributed by atoms with Crippen LogP contribution in [0.15, 0.2) is 54.6 Å². The first-order valence-corrected chi connectivity index (χ1v) is 12.1. The van der Waals surface area contributed by atoms with Crippen LogP contribution in [0.4, 0.5) is 0 Å². The third-order valence-corrected chi connectivity index (χ3v) is 6.66. The van der Waals surface area contributed by atoms with Crippen molar-refractivity contribution in [1.82, 2.24) is 4.90 Å². The van der Waals surface area contributed by atoms with E-state index in [0.717, 1.165) is 31.4 Å². The maximum absolute atomic E-state index is 12.4. The fourth-order valence-electron chi connectivity index (χ4n) is 4.97. The van der Waals surface area contributed by atoms with Gasteiger partial charge in [0.15, 0.2) is 0 Å². The number of benzene rings is 3. The van der Waals surface area contributed by atoms with Gasteiger partial charge in [0.05, 0.1) is 17.7 Å². The topological polar surface area (TPSA) is 46.6 Å². The average molecular weight is 456 g/mol. The van der Waals surface area contributed by atoms with Gasteiger partial charge in [-0.15, -0.1) is 0 Å². The highest BCUT2D eigenvalue weighted by atomic mass is 16.5. The number of unbranched alkanes of at least 4 members (excludes halogenated alkanes) is 3. The van der Waals surface area contributed by atoms with E-state index in [2.05, 4.69) is 58.0 Å². The molecule has 4 heteroatoms. The summed E-state index contributed by atoms with van der Waals surface area (Å²) in [4.78, 5) is 26.2. The smallest absolute Gasteiger partial charge is 0.261 e. The van der Waals surface area contributed by atoms with Crippen molar-refractivity contribution < 1.29 is 14.3 Å². The number of fused-ring (bicyclic) bond motifs is 1. The Morgan fingerprint density at radius 2 is 1.18 bits per heavy atom. The van der Waals surface area contributed by atoms with Crippen molar-refractivity contribution in [3.8, 4) is 16.9 Å². The molecule has 0 fully saturated rings. The Bertz CT molecular complexity index is 1150. The number of ether oxygens (including phenoxy) is 1. The number of nitrogens with zero attached hydrogens (tertiary/aromatic N) is 1. The van der Waals surface area contributed by atoms with Crippen LogP contribution in [0, 0.1) is 27.7 Å². The third kappa shape index (κ3) is 4.77. The molecule has 0 saturated carbocycles. The summed E-state index contributed by atoms with van der Waals surface area (Å²) in [7, 11) is 0. The predicted octanol–water partition coefficient (Wildman–Crippen LogP) is 6.82. The van der Waals surface area contributed by atoms with Crippen molar-refractivity contribution in [2.45, 2.75) is 53.4 Å². The Balaban J connectivity index is 1.24. The van der Waals surface area contributed by atoms with Crippen LogP contribution in [-0.2, 0) is 0 Å². The molecular formula is C30H33NO3. The summed E-state index contributed by atoms with van der Waals surface area (Å²) in [5.41, 5.74) is 8.72. The van der Waals surface area contributed by atoms with Crippen molar-refractivity contribution >= 4 is 11.8 Å². The molecule has 0 aliphatic carbocycles. The quantitative estimate of drug-likeness (QED) is 0.263. The molecule has 176 valence electrons. The highest BCUT2D eigenvalue weighted by molar-refractivity contribution is 6.21. The lowest BCUT2D eigenvalue weighted by Crippen LogP contribution is -2.30. The minimum absolute atomic E-state index is 0.168. The predicted molar refractivity (Wildman–Crippen MR) is 137 cm³/mol. The van der Waals surface area contributed by atoms with Gasteiger partial charge in [0.2, 0.25) is 0 Å². The molecule has 3 aromatic carbocycles. The van der Waals surface area contributed by atoms with Gasteiger partial charge in [-0.3, -0.25) is 14.5 Å². The second kappa shape index (κ2) is 10.3. The van der Waals surface area contributed by atoms with E-state index in [4.69, 9.17) is 4.74 Å². The van der Waals surface area contributed by atoms with Crippen molar-refractivity contribution in [2.24, 2.45) is 0 Å². The number of carbonyl (C=O) groups excluding carboxylic acids is 2. The zero-order valence-electron chi connectivity index (χ0n) is 20.6. The number of hydrogen-bond donors (Lipinski definition) is 0. The van der Waals surface area contributed by atoms with Crippen LogP contribution in [0.1, 0.15) is 68.7 Å². The van der Waals surface area contributed by atoms with E-state index in [0.29, 0.717) is 24.3 Å². The Hall–Kier alpha value is -3.40. The van der Waals surface area contributed by atoms with Crippen molar-refractivity contribution in [2.75, 3.05) is 13.2 Å². The maximum Gasteiger partial charge on any atom is 0.261 e. The van der Waals surface area contributed by atoms with E-state index in [1.165, 1.54) is 38.3 Å². The van der Waals surface area contributed by atoms with E-state index < -0.39 is 0 Å². The van der Waals surface area contributed by atoms with Gasteiger partial charge < -0.3 is 4.74 Å². The molecule has 0 N–H and O–H groups in total. The Morgan fingerprint density at radius 1 is 0.647 bits per heavy atom. The summed E-state index contributed by atoms with van der Waals surface area (Å²) in [6, 6.07) is 17.8. The highest BCUT2D eigenvalue weighted by Crippen LogP contribution is 2.35. The third-order valence-electron chi connectivity index (χ3n) is 6.66. The number of aryl methyl sites for hydroxylation is 4. The molecule has 0 radical (unpaired) electrons. The van der Waals surface area contributed by atoms with Gasteiger partial charge >= 0.3 is 0 Å². The van der Waals surface area contributed by atoms with Gasteiger partial charge in [0, 0.05) is 6.54 Å². The van der Waals surface area contributed by atoms with E-state index in [1.54, 1.807) is 24.3 Å². The fourth-order valence-corrected chi connectivity index (χ4v) is 4.97. The van der Waals surface area contributed by atoms with Crippen LogP contribution >= 0.6 is 0 Å². The minimum atomic E-state index is -0.168. The van der Waals surface area contributed by atoms with E-state index in [9.17, 15) is 9.59 Å². The summed E-state index contributed by atoms with van der Waals surface area (Å²) in [5.74, 6) is 0.578. The molecule has 4 rings (SSSR count). The number of carbonyl (C=O) groups is 2. The van der Waals surface area contributed by atoms with Crippen LogP contribution in [0.2, 0.25) is 0 Å². The van der Waals surface area contributed by atoms with E-state index in [1.807, 2.05) is 0 Å². The Morgan fingerprint density at radius 3 is 1.76 bits per heavy atom. The Labute approximate surface area is 202 Å². The second-order valence-corrected chi connectivity index (χ2v) is 9.27. The molecule has 2 amide bonds. The van der Waals surface area contributed by atoms with Gasteiger partial charge in [-0.25, -0.2) is 0 Å².